The maximum Gasteiger partial charge on any atom is 0.0476 e. The Balaban J connectivity index is 3.00. The molecule has 0 saturated heterocycles. The van der Waals surface area contributed by atoms with Crippen LogP contribution in [0.25, 0.3) is 0 Å². The zero-order valence-electron chi connectivity index (χ0n) is 12.5. The number of hydrogen-bond acceptors (Lipinski definition) is 2. The van der Waals surface area contributed by atoms with Crippen LogP contribution in [0.5, 0.6) is 0 Å². The molecule has 0 amide bonds. The zero-order valence-corrected chi connectivity index (χ0v) is 12.5. The van der Waals surface area contributed by atoms with Crippen LogP contribution in [-0.4, -0.2) is 23.5 Å². The van der Waals surface area contributed by atoms with Crippen molar-refractivity contribution in [2.45, 2.75) is 52.6 Å². The van der Waals surface area contributed by atoms with Crippen molar-refractivity contribution >= 4 is 0 Å². The first kappa shape index (κ1) is 15.2. The summed E-state index contributed by atoms with van der Waals surface area (Å²) in [6, 6.07) is 8.72. The predicted octanol–water partition coefficient (Wildman–Crippen LogP) is 3.37. The highest BCUT2D eigenvalue weighted by Crippen LogP contribution is 2.29. The second-order valence-corrected chi connectivity index (χ2v) is 5.40. The van der Waals surface area contributed by atoms with Gasteiger partial charge in [0.2, 0.25) is 0 Å². The van der Waals surface area contributed by atoms with Crippen LogP contribution in [0.3, 0.4) is 0 Å². The van der Waals surface area contributed by atoms with Crippen LogP contribution < -0.4 is 5.73 Å². The van der Waals surface area contributed by atoms with Gasteiger partial charge in [-0.1, -0.05) is 45.0 Å². The molecule has 2 heteroatoms. The van der Waals surface area contributed by atoms with Crippen LogP contribution in [-0.2, 0) is 6.42 Å². The van der Waals surface area contributed by atoms with Crippen molar-refractivity contribution in [1.29, 1.82) is 0 Å². The van der Waals surface area contributed by atoms with E-state index in [0.717, 1.165) is 19.5 Å². The molecule has 0 aromatic heterocycles. The van der Waals surface area contributed by atoms with E-state index in [1.54, 1.807) is 0 Å². The Morgan fingerprint density at radius 1 is 1.17 bits per heavy atom. The SMILES string of the molecule is CCc1cccc(C(N)C(C)(C)N(CC)CC)c1. The van der Waals surface area contributed by atoms with Crippen molar-refractivity contribution in [2.24, 2.45) is 5.73 Å². The van der Waals surface area contributed by atoms with Crippen LogP contribution in [0.2, 0.25) is 0 Å². The van der Waals surface area contributed by atoms with Gasteiger partial charge < -0.3 is 5.73 Å². The van der Waals surface area contributed by atoms with Crippen molar-refractivity contribution in [3.05, 3.63) is 35.4 Å². The van der Waals surface area contributed by atoms with Gasteiger partial charge in [0.15, 0.2) is 0 Å². The summed E-state index contributed by atoms with van der Waals surface area (Å²) in [5.41, 5.74) is 9.09. The fourth-order valence-corrected chi connectivity index (χ4v) is 2.65. The molecule has 0 radical (unpaired) electrons. The number of aryl methyl sites for hydroxylation is 1. The second kappa shape index (κ2) is 6.35. The van der Waals surface area contributed by atoms with Crippen molar-refractivity contribution < 1.29 is 0 Å². The maximum absolute atomic E-state index is 6.51. The lowest BCUT2D eigenvalue weighted by Gasteiger charge is -2.42. The Morgan fingerprint density at radius 3 is 2.28 bits per heavy atom. The molecule has 1 unspecified atom stereocenters. The molecule has 0 spiro atoms. The highest BCUT2D eigenvalue weighted by molar-refractivity contribution is 5.28. The van der Waals surface area contributed by atoms with Crippen molar-refractivity contribution in [2.75, 3.05) is 13.1 Å². The lowest BCUT2D eigenvalue weighted by molar-refractivity contribution is 0.107. The summed E-state index contributed by atoms with van der Waals surface area (Å²) in [7, 11) is 0. The molecule has 0 fully saturated rings. The fourth-order valence-electron chi connectivity index (χ4n) is 2.65. The van der Waals surface area contributed by atoms with Crippen LogP contribution in [0.4, 0.5) is 0 Å². The van der Waals surface area contributed by atoms with Crippen molar-refractivity contribution in [1.82, 2.24) is 4.90 Å². The number of benzene rings is 1. The van der Waals surface area contributed by atoms with Gasteiger partial charge in [0.05, 0.1) is 0 Å². The summed E-state index contributed by atoms with van der Waals surface area (Å²) in [5.74, 6) is 0. The van der Waals surface area contributed by atoms with Crippen LogP contribution in [0, 0.1) is 0 Å². The number of hydrogen-bond donors (Lipinski definition) is 1. The zero-order chi connectivity index (χ0) is 13.8. The van der Waals surface area contributed by atoms with Crippen LogP contribution >= 0.6 is 0 Å². The van der Waals surface area contributed by atoms with E-state index in [2.05, 4.69) is 63.8 Å². The molecule has 0 aliphatic carbocycles. The third kappa shape index (κ3) is 3.12. The lowest BCUT2D eigenvalue weighted by atomic mass is 9.86. The van der Waals surface area contributed by atoms with Gasteiger partial charge in [-0.2, -0.15) is 0 Å². The first-order valence-corrected chi connectivity index (χ1v) is 7.06. The fraction of sp³-hybridized carbons (Fsp3) is 0.625. The topological polar surface area (TPSA) is 29.3 Å². The third-order valence-corrected chi connectivity index (χ3v) is 4.06. The first-order valence-electron chi connectivity index (χ1n) is 7.06. The number of likely N-dealkylation sites (N-methyl/N-ethyl adjacent to an activating group) is 1. The molecule has 0 saturated carbocycles. The molecule has 1 aromatic carbocycles. The maximum atomic E-state index is 6.51. The average Bonchev–Trinajstić information content (AvgIpc) is 2.39. The largest absolute Gasteiger partial charge is 0.322 e. The minimum Gasteiger partial charge on any atom is -0.322 e. The second-order valence-electron chi connectivity index (χ2n) is 5.40. The molecule has 0 aliphatic heterocycles. The Morgan fingerprint density at radius 2 is 1.78 bits per heavy atom. The summed E-state index contributed by atoms with van der Waals surface area (Å²) < 4.78 is 0. The summed E-state index contributed by atoms with van der Waals surface area (Å²) in [6.07, 6.45) is 1.06. The van der Waals surface area contributed by atoms with E-state index in [-0.39, 0.29) is 11.6 Å². The molecule has 102 valence electrons. The minimum absolute atomic E-state index is 0.0180. The molecule has 1 rings (SSSR count). The van der Waals surface area contributed by atoms with Gasteiger partial charge in [0.25, 0.3) is 0 Å². The predicted molar refractivity (Wildman–Crippen MR) is 79.7 cm³/mol. The van der Waals surface area contributed by atoms with E-state index in [4.69, 9.17) is 5.73 Å². The minimum atomic E-state index is -0.0180. The van der Waals surface area contributed by atoms with Crippen molar-refractivity contribution in [3.8, 4) is 0 Å². The average molecular weight is 248 g/mol. The third-order valence-electron chi connectivity index (χ3n) is 4.06. The monoisotopic (exact) mass is 248 g/mol. The number of nitrogens with two attached hydrogens (primary N) is 1. The van der Waals surface area contributed by atoms with E-state index in [9.17, 15) is 0 Å². The molecule has 2 N–H and O–H groups in total. The van der Waals surface area contributed by atoms with Gasteiger partial charge in [0.1, 0.15) is 0 Å². The molecule has 1 atom stereocenters. The standard InChI is InChI=1S/C16H28N2/c1-6-13-10-9-11-14(12-13)15(17)16(4,5)18(7-2)8-3/h9-12,15H,6-8,17H2,1-5H3. The number of nitrogens with zero attached hydrogens (tertiary/aromatic N) is 1. The normalized spacial score (nSPS) is 13.9. The summed E-state index contributed by atoms with van der Waals surface area (Å²) in [4.78, 5) is 2.43. The molecule has 0 aliphatic rings. The van der Waals surface area contributed by atoms with Crippen molar-refractivity contribution in [3.63, 3.8) is 0 Å². The molecule has 0 heterocycles. The highest BCUT2D eigenvalue weighted by Gasteiger charge is 2.32. The van der Waals surface area contributed by atoms with E-state index in [1.807, 2.05) is 0 Å². The molecule has 0 bridgehead atoms. The Labute approximate surface area is 112 Å². The van der Waals surface area contributed by atoms with Gasteiger partial charge in [-0.3, -0.25) is 4.90 Å². The molecule has 18 heavy (non-hydrogen) atoms. The lowest BCUT2D eigenvalue weighted by Crippen LogP contribution is -2.51. The molecular weight excluding hydrogens is 220 g/mol. The summed E-state index contributed by atoms with van der Waals surface area (Å²) >= 11 is 0. The van der Waals surface area contributed by atoms with E-state index in [1.165, 1.54) is 11.1 Å². The number of rotatable bonds is 6. The van der Waals surface area contributed by atoms with Gasteiger partial charge in [-0.05, 0) is 44.5 Å². The first-order chi connectivity index (χ1) is 8.47. The van der Waals surface area contributed by atoms with E-state index in [0.29, 0.717) is 0 Å². The molecule has 1 aromatic rings. The molecular formula is C16H28N2. The smallest absolute Gasteiger partial charge is 0.0476 e. The molecule has 2 nitrogen and oxygen atoms in total. The van der Waals surface area contributed by atoms with Gasteiger partial charge >= 0.3 is 0 Å². The highest BCUT2D eigenvalue weighted by atomic mass is 15.2. The Bertz CT molecular complexity index is 367. The van der Waals surface area contributed by atoms with E-state index < -0.39 is 0 Å². The van der Waals surface area contributed by atoms with Gasteiger partial charge in [-0.15, -0.1) is 0 Å². The van der Waals surface area contributed by atoms with Gasteiger partial charge in [-0.25, -0.2) is 0 Å². The van der Waals surface area contributed by atoms with Gasteiger partial charge in [0, 0.05) is 11.6 Å². The Kier molecular flexibility index (Phi) is 5.36. The van der Waals surface area contributed by atoms with E-state index >= 15 is 0 Å². The van der Waals surface area contributed by atoms with Crippen LogP contribution in [0.1, 0.15) is 51.8 Å². The summed E-state index contributed by atoms with van der Waals surface area (Å²) in [5, 5.41) is 0. The quantitative estimate of drug-likeness (QED) is 0.836. The Hall–Kier alpha value is -0.860. The summed E-state index contributed by atoms with van der Waals surface area (Å²) in [6.45, 7) is 13.1. The van der Waals surface area contributed by atoms with Crippen LogP contribution in [0.15, 0.2) is 24.3 Å².